The third-order valence-electron chi connectivity index (χ3n) is 1.68. The van der Waals surface area contributed by atoms with E-state index in [2.05, 4.69) is 6.58 Å². The average Bonchev–Trinajstić information content (AvgIpc) is 2.17. The summed E-state index contributed by atoms with van der Waals surface area (Å²) in [7, 11) is 0. The Hall–Kier alpha value is -1.81. The first-order valence-electron chi connectivity index (χ1n) is 4.76. The van der Waals surface area contributed by atoms with Crippen molar-refractivity contribution >= 4 is 5.97 Å². The quantitative estimate of drug-likeness (QED) is 0.480. The number of hydrogen-bond donors (Lipinski definition) is 1. The minimum atomic E-state index is -2.00. The second-order valence-corrected chi connectivity index (χ2v) is 3.48. The van der Waals surface area contributed by atoms with Gasteiger partial charge in [-0.2, -0.15) is 0 Å². The van der Waals surface area contributed by atoms with Gasteiger partial charge in [0.1, 0.15) is 5.75 Å². The Morgan fingerprint density at radius 1 is 1.38 bits per heavy atom. The van der Waals surface area contributed by atoms with Crippen molar-refractivity contribution in [3.8, 4) is 5.75 Å². The molecule has 0 spiro atoms. The van der Waals surface area contributed by atoms with Crippen LogP contribution < -0.4 is 4.74 Å². The highest BCUT2D eigenvalue weighted by atomic mass is 16.8. The topological polar surface area (TPSA) is 55.8 Å². The highest BCUT2D eigenvalue weighted by Crippen LogP contribution is 2.17. The second kappa shape index (κ2) is 4.81. The van der Waals surface area contributed by atoms with Gasteiger partial charge in [0.05, 0.1) is 0 Å². The van der Waals surface area contributed by atoms with Gasteiger partial charge in [-0.3, -0.25) is 0 Å². The maximum absolute atomic E-state index is 11.2. The zero-order valence-corrected chi connectivity index (χ0v) is 9.27. The fourth-order valence-corrected chi connectivity index (χ4v) is 0.987. The normalized spacial score (nSPS) is 13.7. The van der Waals surface area contributed by atoms with E-state index < -0.39 is 11.9 Å². The van der Waals surface area contributed by atoms with Crippen LogP contribution in [-0.2, 0) is 9.53 Å². The number of benzene rings is 1. The van der Waals surface area contributed by atoms with Crippen LogP contribution in [0.1, 0.15) is 13.8 Å². The van der Waals surface area contributed by atoms with Crippen molar-refractivity contribution in [2.24, 2.45) is 0 Å². The van der Waals surface area contributed by atoms with Crippen LogP contribution >= 0.6 is 0 Å². The second-order valence-electron chi connectivity index (χ2n) is 3.48. The monoisotopic (exact) mass is 222 g/mol. The van der Waals surface area contributed by atoms with E-state index in [1.807, 2.05) is 6.07 Å². The Morgan fingerprint density at radius 3 is 2.44 bits per heavy atom. The van der Waals surface area contributed by atoms with Gasteiger partial charge in [-0.25, -0.2) is 4.79 Å². The predicted octanol–water partition coefficient (Wildman–Crippen LogP) is 1.85. The van der Waals surface area contributed by atoms with E-state index in [-0.39, 0.29) is 5.57 Å². The van der Waals surface area contributed by atoms with Crippen LogP contribution in [-0.4, -0.2) is 17.0 Å². The van der Waals surface area contributed by atoms with Crippen molar-refractivity contribution in [2.75, 3.05) is 0 Å². The van der Waals surface area contributed by atoms with Crippen LogP contribution in [0, 0.1) is 0 Å². The van der Waals surface area contributed by atoms with Crippen molar-refractivity contribution in [2.45, 2.75) is 19.8 Å². The summed E-state index contributed by atoms with van der Waals surface area (Å²) in [6, 6.07) is 8.57. The molecule has 0 bridgehead atoms. The molecule has 4 heteroatoms. The third-order valence-corrected chi connectivity index (χ3v) is 1.68. The standard InChI is InChI=1S/C12H14O4/c1-9(2)11(13)16-12(3,14)15-10-7-5-4-6-8-10/h4-8,14H,1H2,2-3H3. The summed E-state index contributed by atoms with van der Waals surface area (Å²) >= 11 is 0. The molecule has 86 valence electrons. The number of ether oxygens (including phenoxy) is 2. The number of carbonyl (C=O) groups excluding carboxylic acids is 1. The predicted molar refractivity (Wildman–Crippen MR) is 58.6 cm³/mol. The molecule has 1 aromatic carbocycles. The summed E-state index contributed by atoms with van der Waals surface area (Å²) in [5.41, 5.74) is 0.192. The number of esters is 1. The van der Waals surface area contributed by atoms with Crippen molar-refractivity contribution < 1.29 is 19.4 Å². The maximum Gasteiger partial charge on any atom is 0.368 e. The van der Waals surface area contributed by atoms with Crippen LogP contribution in [0.25, 0.3) is 0 Å². The summed E-state index contributed by atoms with van der Waals surface area (Å²) in [6.45, 7) is 6.13. The molecule has 0 saturated carbocycles. The van der Waals surface area contributed by atoms with Crippen LogP contribution in [0.2, 0.25) is 0 Å². The van der Waals surface area contributed by atoms with Gasteiger partial charge in [-0.15, -0.1) is 0 Å². The Kier molecular flexibility index (Phi) is 3.68. The summed E-state index contributed by atoms with van der Waals surface area (Å²) in [5, 5.41) is 9.68. The molecule has 1 N–H and O–H groups in total. The van der Waals surface area contributed by atoms with E-state index >= 15 is 0 Å². The fourth-order valence-electron chi connectivity index (χ4n) is 0.987. The maximum atomic E-state index is 11.2. The lowest BCUT2D eigenvalue weighted by molar-refractivity contribution is -0.288. The Bertz CT molecular complexity index is 381. The molecule has 0 fully saturated rings. The molecule has 0 aliphatic rings. The molecule has 0 aliphatic heterocycles. The Morgan fingerprint density at radius 2 is 1.94 bits per heavy atom. The van der Waals surface area contributed by atoms with E-state index in [0.29, 0.717) is 5.75 Å². The minimum Gasteiger partial charge on any atom is -0.430 e. The average molecular weight is 222 g/mol. The highest BCUT2D eigenvalue weighted by molar-refractivity contribution is 5.87. The van der Waals surface area contributed by atoms with Gasteiger partial charge < -0.3 is 14.6 Å². The molecule has 0 heterocycles. The summed E-state index contributed by atoms with van der Waals surface area (Å²) < 4.78 is 9.79. The van der Waals surface area contributed by atoms with Crippen LogP contribution in [0.4, 0.5) is 0 Å². The number of para-hydroxylation sites is 1. The van der Waals surface area contributed by atoms with Crippen LogP contribution in [0.15, 0.2) is 42.5 Å². The van der Waals surface area contributed by atoms with Gasteiger partial charge in [-0.1, -0.05) is 24.8 Å². The smallest absolute Gasteiger partial charge is 0.368 e. The molecule has 4 nitrogen and oxygen atoms in total. The largest absolute Gasteiger partial charge is 0.430 e. The molecule has 1 atom stereocenters. The minimum absolute atomic E-state index is 0.192. The Balaban J connectivity index is 2.65. The molecular weight excluding hydrogens is 208 g/mol. The first kappa shape index (κ1) is 12.3. The lowest BCUT2D eigenvalue weighted by Crippen LogP contribution is -2.37. The van der Waals surface area contributed by atoms with E-state index in [1.165, 1.54) is 13.8 Å². The SMILES string of the molecule is C=C(C)C(=O)OC(C)(O)Oc1ccccc1. The zero-order valence-electron chi connectivity index (χ0n) is 9.27. The molecule has 16 heavy (non-hydrogen) atoms. The van der Waals surface area contributed by atoms with Crippen LogP contribution in [0.3, 0.4) is 0 Å². The molecule has 0 aromatic heterocycles. The first-order chi connectivity index (χ1) is 7.41. The number of rotatable bonds is 4. The zero-order chi connectivity index (χ0) is 12.2. The van der Waals surface area contributed by atoms with Crippen molar-refractivity contribution in [1.82, 2.24) is 0 Å². The lowest BCUT2D eigenvalue weighted by Gasteiger charge is -2.23. The number of aliphatic hydroxyl groups is 1. The number of carbonyl (C=O) groups is 1. The van der Waals surface area contributed by atoms with Gasteiger partial charge in [-0.05, 0) is 19.1 Å². The summed E-state index contributed by atoms with van der Waals surface area (Å²) in [4.78, 5) is 11.2. The third kappa shape index (κ3) is 3.74. The van der Waals surface area contributed by atoms with Gasteiger partial charge in [0, 0.05) is 12.5 Å². The van der Waals surface area contributed by atoms with Crippen LogP contribution in [0.5, 0.6) is 5.75 Å². The van der Waals surface area contributed by atoms with Gasteiger partial charge in [0.15, 0.2) is 0 Å². The molecule has 0 amide bonds. The van der Waals surface area contributed by atoms with Gasteiger partial charge in [0.2, 0.25) is 0 Å². The van der Waals surface area contributed by atoms with E-state index in [9.17, 15) is 9.90 Å². The molecule has 1 unspecified atom stereocenters. The lowest BCUT2D eigenvalue weighted by atomic mass is 10.3. The Labute approximate surface area is 94.1 Å². The molecule has 0 radical (unpaired) electrons. The van der Waals surface area contributed by atoms with Crippen molar-refractivity contribution in [3.63, 3.8) is 0 Å². The summed E-state index contributed by atoms with van der Waals surface area (Å²) in [6.07, 6.45) is 0. The van der Waals surface area contributed by atoms with E-state index in [4.69, 9.17) is 9.47 Å². The van der Waals surface area contributed by atoms with E-state index in [0.717, 1.165) is 0 Å². The van der Waals surface area contributed by atoms with Crippen molar-refractivity contribution in [1.29, 1.82) is 0 Å². The molecule has 1 aromatic rings. The van der Waals surface area contributed by atoms with Gasteiger partial charge in [0.25, 0.3) is 0 Å². The molecule has 0 saturated heterocycles. The summed E-state index contributed by atoms with van der Waals surface area (Å²) in [5.74, 6) is -2.31. The first-order valence-corrected chi connectivity index (χ1v) is 4.76. The van der Waals surface area contributed by atoms with E-state index in [1.54, 1.807) is 24.3 Å². The number of hydrogen-bond acceptors (Lipinski definition) is 4. The van der Waals surface area contributed by atoms with Crippen molar-refractivity contribution in [3.05, 3.63) is 42.5 Å². The van der Waals surface area contributed by atoms with Gasteiger partial charge >= 0.3 is 11.9 Å². The highest BCUT2D eigenvalue weighted by Gasteiger charge is 2.28. The fraction of sp³-hybridized carbons (Fsp3) is 0.250. The molecule has 0 aliphatic carbocycles. The molecular formula is C12H14O4. The molecule has 1 rings (SSSR count).